The molecule has 0 aromatic heterocycles. The Morgan fingerprint density at radius 3 is 2.94 bits per heavy atom. The predicted octanol–water partition coefficient (Wildman–Crippen LogP) is 1.65. The van der Waals surface area contributed by atoms with Crippen LogP contribution in [0.25, 0.3) is 0 Å². The summed E-state index contributed by atoms with van der Waals surface area (Å²) in [7, 11) is 1.72. The first kappa shape index (κ1) is 12.0. The van der Waals surface area contributed by atoms with Gasteiger partial charge >= 0.3 is 0 Å². The van der Waals surface area contributed by atoms with Gasteiger partial charge < -0.3 is 14.4 Å². The maximum absolute atomic E-state index is 11.4. The van der Waals surface area contributed by atoms with Gasteiger partial charge in [0.25, 0.3) is 0 Å². The third-order valence-corrected chi connectivity index (χ3v) is 2.82. The third-order valence-electron chi connectivity index (χ3n) is 2.60. The Kier molecular flexibility index (Phi) is 3.74. The number of carbonyl (C=O) groups excluding carboxylic acids is 1. The first-order valence-corrected chi connectivity index (χ1v) is 5.93. The van der Waals surface area contributed by atoms with Crippen LogP contribution in [0.1, 0.15) is 5.56 Å². The van der Waals surface area contributed by atoms with Crippen molar-refractivity contribution in [1.29, 1.82) is 0 Å². The standard InChI is InChI=1S/C12H14ClNO3/c1-14(11(15)7-13)8-9-3-2-4-10-12(9)17-6-5-16-10/h2-4H,5-8H2,1H3. The number of benzene rings is 1. The molecule has 0 radical (unpaired) electrons. The molecule has 1 heterocycles. The van der Waals surface area contributed by atoms with E-state index in [2.05, 4.69) is 0 Å². The second-order valence-corrected chi connectivity index (χ2v) is 4.09. The van der Waals surface area contributed by atoms with Gasteiger partial charge in [-0.15, -0.1) is 11.6 Å². The van der Waals surface area contributed by atoms with Crippen LogP contribution in [0.15, 0.2) is 18.2 Å². The van der Waals surface area contributed by atoms with Gasteiger partial charge in [0, 0.05) is 19.2 Å². The van der Waals surface area contributed by atoms with Crippen LogP contribution in [-0.4, -0.2) is 36.9 Å². The summed E-state index contributed by atoms with van der Waals surface area (Å²) in [5.74, 6) is 1.34. The van der Waals surface area contributed by atoms with Crippen LogP contribution in [0, 0.1) is 0 Å². The molecule has 0 unspecified atom stereocenters. The molecule has 0 aliphatic carbocycles. The normalized spacial score (nSPS) is 13.3. The van der Waals surface area contributed by atoms with E-state index in [4.69, 9.17) is 21.1 Å². The van der Waals surface area contributed by atoms with E-state index >= 15 is 0 Å². The van der Waals surface area contributed by atoms with E-state index in [-0.39, 0.29) is 11.8 Å². The summed E-state index contributed by atoms with van der Waals surface area (Å²) in [5, 5.41) is 0. The molecule has 2 rings (SSSR count). The Morgan fingerprint density at radius 2 is 2.18 bits per heavy atom. The maximum Gasteiger partial charge on any atom is 0.237 e. The Labute approximate surface area is 105 Å². The number of amides is 1. The van der Waals surface area contributed by atoms with Crippen molar-refractivity contribution in [2.75, 3.05) is 26.1 Å². The van der Waals surface area contributed by atoms with Gasteiger partial charge in [0.1, 0.15) is 19.1 Å². The zero-order valence-electron chi connectivity index (χ0n) is 9.61. The fourth-order valence-corrected chi connectivity index (χ4v) is 1.91. The van der Waals surface area contributed by atoms with Crippen LogP contribution in [0.3, 0.4) is 0 Å². The summed E-state index contributed by atoms with van der Waals surface area (Å²) in [6.45, 7) is 1.57. The van der Waals surface area contributed by atoms with Crippen LogP contribution in [-0.2, 0) is 11.3 Å². The SMILES string of the molecule is CN(Cc1cccc2c1OCCO2)C(=O)CCl. The first-order chi connectivity index (χ1) is 8.22. The number of hydrogen-bond donors (Lipinski definition) is 0. The van der Waals surface area contributed by atoms with Gasteiger partial charge in [-0.05, 0) is 6.07 Å². The highest BCUT2D eigenvalue weighted by Gasteiger charge is 2.17. The van der Waals surface area contributed by atoms with E-state index in [9.17, 15) is 4.79 Å². The second-order valence-electron chi connectivity index (χ2n) is 3.82. The maximum atomic E-state index is 11.4. The van der Waals surface area contributed by atoms with Gasteiger partial charge in [0.2, 0.25) is 5.91 Å². The van der Waals surface area contributed by atoms with E-state index in [0.717, 1.165) is 17.1 Å². The minimum atomic E-state index is -0.110. The highest BCUT2D eigenvalue weighted by Crippen LogP contribution is 2.34. The van der Waals surface area contributed by atoms with Gasteiger partial charge in [-0.3, -0.25) is 4.79 Å². The van der Waals surface area contributed by atoms with Gasteiger partial charge in [-0.2, -0.15) is 0 Å². The Morgan fingerprint density at radius 1 is 1.41 bits per heavy atom. The van der Waals surface area contributed by atoms with Gasteiger partial charge in [-0.25, -0.2) is 0 Å². The topological polar surface area (TPSA) is 38.8 Å². The largest absolute Gasteiger partial charge is 0.486 e. The van der Waals surface area contributed by atoms with Crippen LogP contribution >= 0.6 is 11.6 Å². The molecule has 0 fully saturated rings. The number of carbonyl (C=O) groups is 1. The third kappa shape index (κ3) is 2.64. The average molecular weight is 256 g/mol. The minimum absolute atomic E-state index is 0.0110. The van der Waals surface area contributed by atoms with Crippen molar-refractivity contribution < 1.29 is 14.3 Å². The van der Waals surface area contributed by atoms with Crippen LogP contribution in [0.2, 0.25) is 0 Å². The zero-order valence-corrected chi connectivity index (χ0v) is 10.4. The lowest BCUT2D eigenvalue weighted by molar-refractivity contribution is -0.127. The van der Waals surface area contributed by atoms with Gasteiger partial charge in [-0.1, -0.05) is 12.1 Å². The number of alkyl halides is 1. The molecule has 5 heteroatoms. The average Bonchev–Trinajstić information content (AvgIpc) is 2.38. The van der Waals surface area contributed by atoms with Crippen LogP contribution in [0.4, 0.5) is 0 Å². The van der Waals surface area contributed by atoms with Crippen molar-refractivity contribution in [2.24, 2.45) is 0 Å². The molecule has 1 aromatic rings. The molecule has 1 amide bonds. The smallest absolute Gasteiger partial charge is 0.237 e. The fourth-order valence-electron chi connectivity index (χ4n) is 1.70. The van der Waals surface area contributed by atoms with E-state index in [0.29, 0.717) is 19.8 Å². The van der Waals surface area contributed by atoms with Crippen molar-refractivity contribution in [3.05, 3.63) is 23.8 Å². The van der Waals surface area contributed by atoms with Crippen molar-refractivity contribution in [3.63, 3.8) is 0 Å². The van der Waals surface area contributed by atoms with E-state index < -0.39 is 0 Å². The molecule has 0 spiro atoms. The monoisotopic (exact) mass is 255 g/mol. The van der Waals surface area contributed by atoms with E-state index in [1.807, 2.05) is 18.2 Å². The molecule has 17 heavy (non-hydrogen) atoms. The zero-order chi connectivity index (χ0) is 12.3. The summed E-state index contributed by atoms with van der Waals surface area (Å²) in [6, 6.07) is 5.68. The summed E-state index contributed by atoms with van der Waals surface area (Å²) in [4.78, 5) is 13.0. The van der Waals surface area contributed by atoms with Gasteiger partial charge in [0.05, 0.1) is 0 Å². The number of fused-ring (bicyclic) bond motifs is 1. The number of para-hydroxylation sites is 1. The summed E-state index contributed by atoms with van der Waals surface area (Å²) in [5.41, 5.74) is 0.933. The summed E-state index contributed by atoms with van der Waals surface area (Å²) < 4.78 is 11.1. The molecule has 0 bridgehead atoms. The summed E-state index contributed by atoms with van der Waals surface area (Å²) >= 11 is 5.51. The number of halogens is 1. The fraction of sp³-hybridized carbons (Fsp3) is 0.417. The molecule has 1 aliphatic rings. The Balaban J connectivity index is 2.18. The van der Waals surface area contributed by atoms with Crippen molar-refractivity contribution in [1.82, 2.24) is 4.90 Å². The van der Waals surface area contributed by atoms with E-state index in [1.165, 1.54) is 0 Å². The molecule has 1 aromatic carbocycles. The minimum Gasteiger partial charge on any atom is -0.486 e. The molecule has 92 valence electrons. The number of hydrogen-bond acceptors (Lipinski definition) is 3. The van der Waals surface area contributed by atoms with Crippen molar-refractivity contribution >= 4 is 17.5 Å². The Hall–Kier alpha value is -1.42. The molecular formula is C12H14ClNO3. The molecule has 0 saturated carbocycles. The number of rotatable bonds is 3. The quantitative estimate of drug-likeness (QED) is 0.771. The predicted molar refractivity (Wildman–Crippen MR) is 64.6 cm³/mol. The molecule has 0 atom stereocenters. The first-order valence-electron chi connectivity index (χ1n) is 5.40. The molecular weight excluding hydrogens is 242 g/mol. The van der Waals surface area contributed by atoms with Crippen molar-refractivity contribution in [2.45, 2.75) is 6.54 Å². The lowest BCUT2D eigenvalue weighted by Crippen LogP contribution is -2.28. The number of ether oxygens (including phenoxy) is 2. The van der Waals surface area contributed by atoms with Crippen LogP contribution < -0.4 is 9.47 Å². The molecule has 0 N–H and O–H groups in total. The molecule has 4 nitrogen and oxygen atoms in total. The molecule has 0 saturated heterocycles. The number of nitrogens with zero attached hydrogens (tertiary/aromatic N) is 1. The van der Waals surface area contributed by atoms with E-state index in [1.54, 1.807) is 11.9 Å². The highest BCUT2D eigenvalue weighted by molar-refractivity contribution is 6.27. The summed E-state index contributed by atoms with van der Waals surface area (Å²) in [6.07, 6.45) is 0. The van der Waals surface area contributed by atoms with Crippen molar-refractivity contribution in [3.8, 4) is 11.5 Å². The van der Waals surface area contributed by atoms with Crippen LogP contribution in [0.5, 0.6) is 11.5 Å². The lowest BCUT2D eigenvalue weighted by Gasteiger charge is -2.23. The lowest BCUT2D eigenvalue weighted by atomic mass is 10.1. The second kappa shape index (κ2) is 5.27. The van der Waals surface area contributed by atoms with Gasteiger partial charge in [0.15, 0.2) is 11.5 Å². The Bertz CT molecular complexity index is 422. The highest BCUT2D eigenvalue weighted by atomic mass is 35.5. The molecule has 1 aliphatic heterocycles.